The summed E-state index contributed by atoms with van der Waals surface area (Å²) in [5.74, 6) is -0.832. The van der Waals surface area contributed by atoms with Crippen molar-refractivity contribution in [3.63, 3.8) is 0 Å². The van der Waals surface area contributed by atoms with E-state index in [0.29, 0.717) is 42.3 Å². The van der Waals surface area contributed by atoms with Crippen molar-refractivity contribution in [2.75, 3.05) is 26.6 Å². The van der Waals surface area contributed by atoms with Gasteiger partial charge in [-0.2, -0.15) is 0 Å². The molecule has 2 aliphatic heterocycles. The molecule has 1 atom stereocenters. The van der Waals surface area contributed by atoms with E-state index in [1.807, 2.05) is 32.0 Å². The Labute approximate surface area is 196 Å². The summed E-state index contributed by atoms with van der Waals surface area (Å²) in [6.45, 7) is 5.62. The molecule has 2 aromatic carbocycles. The molecule has 180 valence electrons. The minimum Gasteiger partial charge on any atom is -0.454 e. The molecule has 3 heterocycles. The molecule has 1 N–H and O–H groups in total. The smallest absolute Gasteiger partial charge is 0.243 e. The van der Waals surface area contributed by atoms with Gasteiger partial charge in [-0.1, -0.05) is 19.9 Å². The molecule has 0 bridgehead atoms. The lowest BCUT2D eigenvalue weighted by atomic mass is 9.74. The van der Waals surface area contributed by atoms with E-state index in [9.17, 15) is 13.6 Å². The summed E-state index contributed by atoms with van der Waals surface area (Å²) >= 11 is 0. The van der Waals surface area contributed by atoms with Gasteiger partial charge in [-0.25, -0.2) is 13.8 Å². The SMILES string of the molecule is CC(C)C(C(=O)NCC1(c2ccc3c(c2)OCO3)CCOCC1)n1cnc2cc(F)c(F)cc21. The first-order valence-corrected chi connectivity index (χ1v) is 11.5. The second kappa shape index (κ2) is 8.87. The maximum absolute atomic E-state index is 13.9. The fourth-order valence-corrected chi connectivity index (χ4v) is 4.91. The lowest BCUT2D eigenvalue weighted by Crippen LogP contribution is -2.46. The molecule has 0 saturated carbocycles. The Morgan fingerprint density at radius 1 is 1.12 bits per heavy atom. The minimum absolute atomic E-state index is 0.110. The number of aromatic nitrogens is 2. The Morgan fingerprint density at radius 2 is 1.85 bits per heavy atom. The highest BCUT2D eigenvalue weighted by Crippen LogP contribution is 2.40. The molecular weight excluding hydrogens is 444 g/mol. The standard InChI is InChI=1S/C25H27F2N3O4/c1-15(2)23(30-13-29-19-10-17(26)18(27)11-20(19)30)24(31)28-12-25(5-7-32-8-6-25)16-3-4-21-22(9-16)34-14-33-21/h3-4,9-11,13,15,23H,5-8,12,14H2,1-2H3,(H,28,31). The summed E-state index contributed by atoms with van der Waals surface area (Å²) in [6.07, 6.45) is 2.96. The van der Waals surface area contributed by atoms with E-state index < -0.39 is 17.7 Å². The van der Waals surface area contributed by atoms with Crippen molar-refractivity contribution in [3.05, 3.63) is 53.9 Å². The van der Waals surface area contributed by atoms with Gasteiger partial charge in [0.15, 0.2) is 23.1 Å². The number of hydrogen-bond donors (Lipinski definition) is 1. The number of rotatable bonds is 6. The number of ether oxygens (including phenoxy) is 3. The van der Waals surface area contributed by atoms with Gasteiger partial charge in [0.2, 0.25) is 12.7 Å². The van der Waals surface area contributed by atoms with Gasteiger partial charge in [-0.05, 0) is 36.5 Å². The molecule has 2 aliphatic rings. The maximum Gasteiger partial charge on any atom is 0.243 e. The first kappa shape index (κ1) is 22.6. The zero-order valence-corrected chi connectivity index (χ0v) is 19.1. The molecule has 1 saturated heterocycles. The van der Waals surface area contributed by atoms with Gasteiger partial charge in [0.25, 0.3) is 0 Å². The van der Waals surface area contributed by atoms with E-state index in [-0.39, 0.29) is 24.0 Å². The van der Waals surface area contributed by atoms with E-state index in [4.69, 9.17) is 14.2 Å². The van der Waals surface area contributed by atoms with Crippen molar-refractivity contribution in [1.29, 1.82) is 0 Å². The minimum atomic E-state index is -0.971. The zero-order chi connectivity index (χ0) is 23.9. The molecule has 1 unspecified atom stereocenters. The molecule has 1 aromatic heterocycles. The summed E-state index contributed by atoms with van der Waals surface area (Å²) in [5.41, 5.74) is 1.43. The Hall–Kier alpha value is -3.20. The van der Waals surface area contributed by atoms with Crippen LogP contribution in [0.25, 0.3) is 11.0 Å². The lowest BCUT2D eigenvalue weighted by molar-refractivity contribution is -0.126. The van der Waals surface area contributed by atoms with Crippen molar-refractivity contribution >= 4 is 16.9 Å². The molecule has 1 fully saturated rings. The summed E-state index contributed by atoms with van der Waals surface area (Å²) in [6, 6.07) is 7.41. The van der Waals surface area contributed by atoms with Crippen molar-refractivity contribution in [2.24, 2.45) is 5.92 Å². The van der Waals surface area contributed by atoms with E-state index in [0.717, 1.165) is 30.5 Å². The lowest BCUT2D eigenvalue weighted by Gasteiger charge is -2.38. The van der Waals surface area contributed by atoms with Crippen LogP contribution in [0.5, 0.6) is 11.5 Å². The Morgan fingerprint density at radius 3 is 2.62 bits per heavy atom. The van der Waals surface area contributed by atoms with Gasteiger partial charge in [-0.15, -0.1) is 0 Å². The molecule has 0 spiro atoms. The van der Waals surface area contributed by atoms with Gasteiger partial charge in [-0.3, -0.25) is 4.79 Å². The van der Waals surface area contributed by atoms with E-state index in [2.05, 4.69) is 10.3 Å². The summed E-state index contributed by atoms with van der Waals surface area (Å²) in [7, 11) is 0. The number of carbonyl (C=O) groups excluding carboxylic acids is 1. The normalized spacial score (nSPS) is 17.8. The molecule has 34 heavy (non-hydrogen) atoms. The number of benzene rings is 2. The summed E-state index contributed by atoms with van der Waals surface area (Å²) in [5, 5.41) is 3.14. The molecule has 7 nitrogen and oxygen atoms in total. The highest BCUT2D eigenvalue weighted by Gasteiger charge is 2.37. The Kier molecular flexibility index (Phi) is 5.89. The number of nitrogens with zero attached hydrogens (tertiary/aromatic N) is 2. The van der Waals surface area contributed by atoms with Crippen molar-refractivity contribution < 1.29 is 27.8 Å². The number of hydrogen-bond acceptors (Lipinski definition) is 5. The van der Waals surface area contributed by atoms with Crippen LogP contribution in [-0.4, -0.2) is 42.0 Å². The van der Waals surface area contributed by atoms with Crippen molar-refractivity contribution in [1.82, 2.24) is 14.9 Å². The third kappa shape index (κ3) is 3.98. The van der Waals surface area contributed by atoms with Crippen molar-refractivity contribution in [2.45, 2.75) is 38.1 Å². The second-order valence-corrected chi connectivity index (χ2v) is 9.27. The fourth-order valence-electron chi connectivity index (χ4n) is 4.91. The van der Waals surface area contributed by atoms with E-state index in [1.54, 1.807) is 4.57 Å². The van der Waals surface area contributed by atoms with Crippen molar-refractivity contribution in [3.8, 4) is 11.5 Å². The fraction of sp³-hybridized carbons (Fsp3) is 0.440. The predicted octanol–water partition coefficient (Wildman–Crippen LogP) is 4.10. The molecule has 9 heteroatoms. The van der Waals surface area contributed by atoms with Crippen LogP contribution in [0.1, 0.15) is 38.3 Å². The molecule has 0 aliphatic carbocycles. The monoisotopic (exact) mass is 471 g/mol. The molecular formula is C25H27F2N3O4. The first-order valence-electron chi connectivity index (χ1n) is 11.5. The quantitative estimate of drug-likeness (QED) is 0.586. The van der Waals surface area contributed by atoms with Crippen LogP contribution in [0.3, 0.4) is 0 Å². The van der Waals surface area contributed by atoms with E-state index >= 15 is 0 Å². The number of nitrogens with one attached hydrogen (secondary N) is 1. The second-order valence-electron chi connectivity index (χ2n) is 9.27. The number of imidazole rings is 1. The summed E-state index contributed by atoms with van der Waals surface area (Å²) in [4.78, 5) is 17.7. The number of amides is 1. The third-order valence-corrected chi connectivity index (χ3v) is 6.85. The zero-order valence-electron chi connectivity index (χ0n) is 19.1. The van der Waals surface area contributed by atoms with E-state index in [1.165, 1.54) is 6.33 Å². The van der Waals surface area contributed by atoms with Gasteiger partial charge in [0.05, 0.1) is 17.4 Å². The average molecular weight is 472 g/mol. The topological polar surface area (TPSA) is 74.6 Å². The van der Waals surface area contributed by atoms with Gasteiger partial charge in [0.1, 0.15) is 6.04 Å². The average Bonchev–Trinajstić information content (AvgIpc) is 3.45. The van der Waals surface area contributed by atoms with Crippen LogP contribution in [0.2, 0.25) is 0 Å². The van der Waals surface area contributed by atoms with Crippen LogP contribution in [0.15, 0.2) is 36.7 Å². The Bertz CT molecular complexity index is 1220. The van der Waals surface area contributed by atoms with Gasteiger partial charge in [0, 0.05) is 37.3 Å². The summed E-state index contributed by atoms with van der Waals surface area (Å²) < 4.78 is 45.9. The van der Waals surface area contributed by atoms with Crippen LogP contribution in [0, 0.1) is 17.6 Å². The molecule has 0 radical (unpaired) electrons. The third-order valence-electron chi connectivity index (χ3n) is 6.85. The maximum atomic E-state index is 13.9. The van der Waals surface area contributed by atoms with Gasteiger partial charge < -0.3 is 24.1 Å². The number of fused-ring (bicyclic) bond motifs is 2. The molecule has 5 rings (SSSR count). The highest BCUT2D eigenvalue weighted by atomic mass is 19.2. The van der Waals surface area contributed by atoms with Crippen LogP contribution >= 0.6 is 0 Å². The van der Waals surface area contributed by atoms with Crippen LogP contribution in [-0.2, 0) is 14.9 Å². The predicted molar refractivity (Wildman–Crippen MR) is 121 cm³/mol. The number of carbonyl (C=O) groups is 1. The van der Waals surface area contributed by atoms with Crippen LogP contribution in [0.4, 0.5) is 8.78 Å². The number of halogens is 2. The van der Waals surface area contributed by atoms with Crippen LogP contribution < -0.4 is 14.8 Å². The van der Waals surface area contributed by atoms with Gasteiger partial charge >= 0.3 is 0 Å². The first-order chi connectivity index (χ1) is 16.4. The molecule has 3 aromatic rings. The highest BCUT2D eigenvalue weighted by molar-refractivity contribution is 5.84. The Balaban J connectivity index is 1.42. The molecule has 1 amide bonds. The largest absolute Gasteiger partial charge is 0.454 e.